The summed E-state index contributed by atoms with van der Waals surface area (Å²) in [7, 11) is 0. The lowest BCUT2D eigenvalue weighted by molar-refractivity contribution is 0.304. The fourth-order valence-corrected chi connectivity index (χ4v) is 1.94. The third-order valence-electron chi connectivity index (χ3n) is 2.39. The molecule has 1 aromatic heterocycles. The van der Waals surface area contributed by atoms with Crippen molar-refractivity contribution in [2.24, 2.45) is 0 Å². The molecule has 17 heavy (non-hydrogen) atoms. The standard InChI is InChI=1S/C12H15N3OS/c1-8(2)9-3-5-10(6-4-9)16-7-11-14-15-12(13)17-11/h3-6,8H,7H2,1-2H3,(H2,13,15). The molecule has 2 rings (SSSR count). The predicted octanol–water partition coefficient (Wildman–Crippen LogP) is 2.82. The van der Waals surface area contributed by atoms with Gasteiger partial charge in [0.25, 0.3) is 0 Å². The second kappa shape index (κ2) is 5.14. The van der Waals surface area contributed by atoms with Crippen molar-refractivity contribution in [3.63, 3.8) is 0 Å². The van der Waals surface area contributed by atoms with Gasteiger partial charge in [-0.3, -0.25) is 0 Å². The molecule has 0 amide bonds. The quantitative estimate of drug-likeness (QED) is 0.905. The van der Waals surface area contributed by atoms with E-state index in [1.54, 1.807) is 0 Å². The number of anilines is 1. The highest BCUT2D eigenvalue weighted by Gasteiger charge is 2.03. The first-order valence-electron chi connectivity index (χ1n) is 5.46. The smallest absolute Gasteiger partial charge is 0.203 e. The molecule has 0 aliphatic carbocycles. The van der Waals surface area contributed by atoms with Gasteiger partial charge in [0.2, 0.25) is 5.13 Å². The van der Waals surface area contributed by atoms with E-state index in [0.29, 0.717) is 17.7 Å². The van der Waals surface area contributed by atoms with Crippen LogP contribution in [-0.2, 0) is 6.61 Å². The molecule has 5 heteroatoms. The molecule has 0 radical (unpaired) electrons. The highest BCUT2D eigenvalue weighted by molar-refractivity contribution is 7.15. The number of aromatic nitrogens is 2. The molecule has 0 fully saturated rings. The number of hydrogen-bond acceptors (Lipinski definition) is 5. The molecular formula is C12H15N3OS. The summed E-state index contributed by atoms with van der Waals surface area (Å²) >= 11 is 1.35. The summed E-state index contributed by atoms with van der Waals surface area (Å²) in [6.45, 7) is 4.75. The van der Waals surface area contributed by atoms with Gasteiger partial charge in [-0.1, -0.05) is 37.3 Å². The highest BCUT2D eigenvalue weighted by Crippen LogP contribution is 2.20. The van der Waals surface area contributed by atoms with Crippen molar-refractivity contribution in [2.45, 2.75) is 26.4 Å². The molecule has 0 unspecified atom stereocenters. The van der Waals surface area contributed by atoms with Crippen LogP contribution in [0.2, 0.25) is 0 Å². The Morgan fingerprint density at radius 2 is 1.94 bits per heavy atom. The van der Waals surface area contributed by atoms with Crippen LogP contribution in [0.25, 0.3) is 0 Å². The molecule has 1 heterocycles. The Labute approximate surface area is 104 Å². The predicted molar refractivity (Wildman–Crippen MR) is 69.2 cm³/mol. The molecule has 0 aliphatic heterocycles. The van der Waals surface area contributed by atoms with Gasteiger partial charge in [-0.25, -0.2) is 0 Å². The van der Waals surface area contributed by atoms with Crippen molar-refractivity contribution in [3.05, 3.63) is 34.8 Å². The molecule has 0 bridgehead atoms. The first-order chi connectivity index (χ1) is 8.15. The summed E-state index contributed by atoms with van der Waals surface area (Å²) in [6, 6.07) is 8.10. The topological polar surface area (TPSA) is 61.0 Å². The fourth-order valence-electron chi connectivity index (χ4n) is 1.42. The summed E-state index contributed by atoms with van der Waals surface area (Å²) in [5.41, 5.74) is 6.79. The maximum atomic E-state index is 5.59. The lowest BCUT2D eigenvalue weighted by Gasteiger charge is -2.07. The van der Waals surface area contributed by atoms with E-state index in [0.717, 1.165) is 10.8 Å². The molecule has 0 spiro atoms. The van der Waals surface area contributed by atoms with Crippen LogP contribution in [0.1, 0.15) is 30.3 Å². The molecule has 90 valence electrons. The van der Waals surface area contributed by atoms with Crippen LogP contribution in [0.4, 0.5) is 5.13 Å². The van der Waals surface area contributed by atoms with E-state index in [2.05, 4.69) is 36.2 Å². The number of hydrogen-bond donors (Lipinski definition) is 1. The second-order valence-corrected chi connectivity index (χ2v) is 5.14. The van der Waals surface area contributed by atoms with Gasteiger partial charge in [-0.05, 0) is 23.6 Å². The zero-order valence-electron chi connectivity index (χ0n) is 9.88. The minimum Gasteiger partial charge on any atom is -0.486 e. The van der Waals surface area contributed by atoms with E-state index in [9.17, 15) is 0 Å². The largest absolute Gasteiger partial charge is 0.486 e. The molecule has 0 saturated heterocycles. The SMILES string of the molecule is CC(C)c1ccc(OCc2nnc(N)s2)cc1. The van der Waals surface area contributed by atoms with Gasteiger partial charge in [0.15, 0.2) is 5.01 Å². The van der Waals surface area contributed by atoms with Gasteiger partial charge in [-0.15, -0.1) is 10.2 Å². The van der Waals surface area contributed by atoms with Crippen molar-refractivity contribution >= 4 is 16.5 Å². The molecule has 0 aliphatic rings. The lowest BCUT2D eigenvalue weighted by Crippen LogP contribution is -1.95. The molecule has 4 nitrogen and oxygen atoms in total. The van der Waals surface area contributed by atoms with Gasteiger partial charge < -0.3 is 10.5 Å². The van der Waals surface area contributed by atoms with Crippen LogP contribution in [0.3, 0.4) is 0 Å². The Kier molecular flexibility index (Phi) is 3.58. The lowest BCUT2D eigenvalue weighted by atomic mass is 10.0. The summed E-state index contributed by atoms with van der Waals surface area (Å²) < 4.78 is 5.59. The number of rotatable bonds is 4. The van der Waals surface area contributed by atoms with E-state index in [1.807, 2.05) is 12.1 Å². The minimum atomic E-state index is 0.413. The van der Waals surface area contributed by atoms with Crippen LogP contribution in [0.5, 0.6) is 5.75 Å². The van der Waals surface area contributed by atoms with E-state index in [1.165, 1.54) is 16.9 Å². The molecule has 1 aromatic carbocycles. The average molecular weight is 249 g/mol. The van der Waals surface area contributed by atoms with Crippen molar-refractivity contribution < 1.29 is 4.74 Å². The van der Waals surface area contributed by atoms with Crippen LogP contribution in [-0.4, -0.2) is 10.2 Å². The summed E-state index contributed by atoms with van der Waals surface area (Å²) in [6.07, 6.45) is 0. The maximum Gasteiger partial charge on any atom is 0.203 e. The molecule has 0 atom stereocenters. The molecule has 2 aromatic rings. The first kappa shape index (κ1) is 11.9. The summed E-state index contributed by atoms with van der Waals surface area (Å²) in [5.74, 6) is 1.37. The van der Waals surface area contributed by atoms with Gasteiger partial charge in [0, 0.05) is 0 Å². The van der Waals surface area contributed by atoms with E-state index < -0.39 is 0 Å². The van der Waals surface area contributed by atoms with Gasteiger partial charge in [0.1, 0.15) is 12.4 Å². The average Bonchev–Trinajstić information content (AvgIpc) is 2.73. The zero-order chi connectivity index (χ0) is 12.3. The van der Waals surface area contributed by atoms with Crippen molar-refractivity contribution in [2.75, 3.05) is 5.73 Å². The van der Waals surface area contributed by atoms with Gasteiger partial charge >= 0.3 is 0 Å². The fraction of sp³-hybridized carbons (Fsp3) is 0.333. The first-order valence-corrected chi connectivity index (χ1v) is 6.27. The number of nitrogens with two attached hydrogens (primary N) is 1. The van der Waals surface area contributed by atoms with Crippen LogP contribution in [0, 0.1) is 0 Å². The Balaban J connectivity index is 1.95. The summed E-state index contributed by atoms with van der Waals surface area (Å²) in [4.78, 5) is 0. The third-order valence-corrected chi connectivity index (χ3v) is 3.12. The monoisotopic (exact) mass is 249 g/mol. The Morgan fingerprint density at radius 3 is 2.47 bits per heavy atom. The van der Waals surface area contributed by atoms with E-state index in [4.69, 9.17) is 10.5 Å². The maximum absolute atomic E-state index is 5.59. The number of nitrogens with zero attached hydrogens (tertiary/aromatic N) is 2. The van der Waals surface area contributed by atoms with Crippen molar-refractivity contribution in [3.8, 4) is 5.75 Å². The van der Waals surface area contributed by atoms with Crippen LogP contribution in [0.15, 0.2) is 24.3 Å². The third kappa shape index (κ3) is 3.17. The van der Waals surface area contributed by atoms with Crippen LogP contribution < -0.4 is 10.5 Å². The normalized spacial score (nSPS) is 10.8. The number of ether oxygens (including phenoxy) is 1. The molecule has 0 saturated carbocycles. The highest BCUT2D eigenvalue weighted by atomic mass is 32.1. The van der Waals surface area contributed by atoms with E-state index >= 15 is 0 Å². The number of nitrogen functional groups attached to an aromatic ring is 1. The minimum absolute atomic E-state index is 0.413. The Hall–Kier alpha value is -1.62. The van der Waals surface area contributed by atoms with Crippen molar-refractivity contribution in [1.29, 1.82) is 0 Å². The van der Waals surface area contributed by atoms with E-state index in [-0.39, 0.29) is 0 Å². The molecule has 2 N–H and O–H groups in total. The zero-order valence-corrected chi connectivity index (χ0v) is 10.7. The van der Waals surface area contributed by atoms with Gasteiger partial charge in [0.05, 0.1) is 0 Å². The molecular weight excluding hydrogens is 234 g/mol. The Bertz CT molecular complexity index is 479. The summed E-state index contributed by atoms with van der Waals surface area (Å²) in [5, 5.41) is 8.89. The van der Waals surface area contributed by atoms with Crippen molar-refractivity contribution in [1.82, 2.24) is 10.2 Å². The second-order valence-electron chi connectivity index (χ2n) is 4.05. The number of benzene rings is 1. The Morgan fingerprint density at radius 1 is 1.24 bits per heavy atom. The van der Waals surface area contributed by atoms with Gasteiger partial charge in [-0.2, -0.15) is 0 Å². The van der Waals surface area contributed by atoms with Crippen LogP contribution >= 0.6 is 11.3 Å².